The van der Waals surface area contributed by atoms with Crippen LogP contribution in [-0.4, -0.2) is 56.3 Å². The number of carbonyl (C=O) groups is 1. The lowest BCUT2D eigenvalue weighted by Crippen LogP contribution is -2.28. The average molecular weight is 554 g/mol. The van der Waals surface area contributed by atoms with Gasteiger partial charge >= 0.3 is 12.1 Å². The molecule has 32 heavy (non-hydrogen) atoms. The molecule has 2 rings (SSSR count). The van der Waals surface area contributed by atoms with Crippen molar-refractivity contribution >= 4 is 54.9 Å². The summed E-state index contributed by atoms with van der Waals surface area (Å²) in [6.45, 7) is -0.436. The summed E-state index contributed by atoms with van der Waals surface area (Å²) >= 11 is 4.06. The third-order valence-electron chi connectivity index (χ3n) is 4.00. The molecule has 1 heterocycles. The van der Waals surface area contributed by atoms with E-state index in [0.29, 0.717) is 11.3 Å². The van der Waals surface area contributed by atoms with Gasteiger partial charge < -0.3 is 15.0 Å². The van der Waals surface area contributed by atoms with Crippen molar-refractivity contribution in [2.75, 3.05) is 25.0 Å². The van der Waals surface area contributed by atoms with Crippen LogP contribution in [0.5, 0.6) is 0 Å². The normalized spacial score (nSPS) is 12.8. The molecule has 0 radical (unpaired) electrons. The Kier molecular flexibility index (Phi) is 8.60. The number of ether oxygens (including phenoxy) is 1. The lowest BCUT2D eigenvalue weighted by atomic mass is 10.2. The van der Waals surface area contributed by atoms with Crippen LogP contribution in [0, 0.1) is 5.41 Å². The zero-order chi connectivity index (χ0) is 24.1. The highest BCUT2D eigenvalue weighted by Crippen LogP contribution is 2.31. The fourth-order valence-electron chi connectivity index (χ4n) is 2.48. The maximum absolute atomic E-state index is 13.1. The number of hydrogen-bond donors (Lipinski definition) is 3. The van der Waals surface area contributed by atoms with Crippen LogP contribution in [0.2, 0.25) is 0 Å². The molecule has 0 atom stereocenters. The summed E-state index contributed by atoms with van der Waals surface area (Å²) in [6.07, 6.45) is -2.15. The molecule has 0 bridgehead atoms. The molecular formula is C19H19BrF3N3O4S2. The minimum absolute atomic E-state index is 0.0802. The first-order valence-corrected chi connectivity index (χ1v) is 12.9. The van der Waals surface area contributed by atoms with E-state index in [4.69, 9.17) is 10.1 Å². The van der Waals surface area contributed by atoms with Gasteiger partial charge in [0.1, 0.15) is 12.5 Å². The average Bonchev–Trinajstić information content (AvgIpc) is 3.20. The first-order chi connectivity index (χ1) is 14.8. The van der Waals surface area contributed by atoms with E-state index >= 15 is 0 Å². The molecule has 0 saturated carbocycles. The van der Waals surface area contributed by atoms with Crippen molar-refractivity contribution in [3.8, 4) is 11.3 Å². The Morgan fingerprint density at radius 1 is 1.28 bits per heavy atom. The lowest BCUT2D eigenvalue weighted by molar-refractivity contribution is -0.140. The summed E-state index contributed by atoms with van der Waals surface area (Å²) in [5.74, 6) is -0.606. The van der Waals surface area contributed by atoms with Gasteiger partial charge in [-0.2, -0.15) is 13.2 Å². The van der Waals surface area contributed by atoms with Gasteiger partial charge in [-0.25, -0.2) is 8.42 Å². The molecule has 0 amide bonds. The number of nitrogens with one attached hydrogen (secondary N) is 3. The fourth-order valence-corrected chi connectivity index (χ4v) is 3.97. The van der Waals surface area contributed by atoms with Crippen molar-refractivity contribution in [2.45, 2.75) is 11.1 Å². The van der Waals surface area contributed by atoms with Crippen LogP contribution in [-0.2, 0) is 19.4 Å². The standard InChI is InChI=1S/C19H19BrF3N3O4S2/c1-31-10-30-15(27)9-25-17(16(20)18(24)19(21,22)23)14-7-6-13(26-14)11-4-3-5-12(8-11)32(2,28)29/h3-8,24-26H,9-10H2,1-2H3/b17-16+,24-18?. The summed E-state index contributed by atoms with van der Waals surface area (Å²) in [5, 5.41) is 10.00. The van der Waals surface area contributed by atoms with Crippen LogP contribution in [0.1, 0.15) is 5.69 Å². The number of halogens is 4. The fraction of sp³-hybridized carbons (Fsp3) is 0.263. The van der Waals surface area contributed by atoms with E-state index in [2.05, 4.69) is 26.2 Å². The Labute approximate surface area is 195 Å². The molecule has 174 valence electrons. The number of thioether (sulfide) groups is 1. The maximum Gasteiger partial charge on any atom is 0.433 e. The molecule has 1 aromatic heterocycles. The van der Waals surface area contributed by atoms with Gasteiger partial charge in [0.15, 0.2) is 15.5 Å². The van der Waals surface area contributed by atoms with Crippen LogP contribution in [0.25, 0.3) is 17.0 Å². The quantitative estimate of drug-likeness (QED) is 0.244. The minimum atomic E-state index is -4.93. The number of benzene rings is 1. The summed E-state index contributed by atoms with van der Waals surface area (Å²) in [5.41, 5.74) is -0.775. The molecule has 0 fully saturated rings. The number of sulfone groups is 1. The highest BCUT2D eigenvalue weighted by molar-refractivity contribution is 9.12. The molecule has 0 aliphatic rings. The van der Waals surface area contributed by atoms with Crippen LogP contribution in [0.15, 0.2) is 45.8 Å². The number of rotatable bonds is 9. The topological polar surface area (TPSA) is 112 Å². The molecule has 0 unspecified atom stereocenters. The molecule has 2 aromatic rings. The number of aromatic amines is 1. The number of H-pyrrole nitrogens is 1. The van der Waals surface area contributed by atoms with Crippen LogP contribution in [0.3, 0.4) is 0 Å². The molecule has 7 nitrogen and oxygen atoms in total. The Morgan fingerprint density at radius 2 is 1.97 bits per heavy atom. The van der Waals surface area contributed by atoms with Crippen LogP contribution in [0.4, 0.5) is 13.2 Å². The summed E-state index contributed by atoms with van der Waals surface area (Å²) < 4.78 is 67.1. The molecule has 0 aliphatic heterocycles. The van der Waals surface area contributed by atoms with Gasteiger partial charge in [-0.05, 0) is 52.0 Å². The largest absolute Gasteiger partial charge is 0.453 e. The van der Waals surface area contributed by atoms with E-state index in [1.807, 2.05) is 0 Å². The number of hydrogen-bond acceptors (Lipinski definition) is 7. The van der Waals surface area contributed by atoms with E-state index < -0.39 is 38.7 Å². The third-order valence-corrected chi connectivity index (χ3v) is 6.26. The van der Waals surface area contributed by atoms with Gasteiger partial charge in [0, 0.05) is 11.9 Å². The number of allylic oxidation sites excluding steroid dienone is 1. The Bertz CT molecular complexity index is 1140. The Balaban J connectivity index is 2.44. The Morgan fingerprint density at radius 3 is 2.56 bits per heavy atom. The number of carbonyl (C=O) groups excluding carboxylic acids is 1. The first kappa shape index (κ1) is 26.0. The van der Waals surface area contributed by atoms with Crippen molar-refractivity contribution in [3.05, 3.63) is 46.6 Å². The van der Waals surface area contributed by atoms with Gasteiger partial charge in [-0.3, -0.25) is 10.2 Å². The van der Waals surface area contributed by atoms with Gasteiger partial charge in [-0.1, -0.05) is 12.1 Å². The summed E-state index contributed by atoms with van der Waals surface area (Å²) in [7, 11) is -3.46. The Hall–Kier alpha value is -2.25. The molecular weight excluding hydrogens is 535 g/mol. The van der Waals surface area contributed by atoms with Crippen molar-refractivity contribution in [1.29, 1.82) is 5.41 Å². The van der Waals surface area contributed by atoms with Crippen molar-refractivity contribution in [2.24, 2.45) is 0 Å². The zero-order valence-corrected chi connectivity index (χ0v) is 20.1. The second kappa shape index (κ2) is 10.6. The first-order valence-electron chi connectivity index (χ1n) is 8.78. The van der Waals surface area contributed by atoms with Crippen molar-refractivity contribution in [1.82, 2.24) is 10.3 Å². The smallest absolute Gasteiger partial charge is 0.433 e. The van der Waals surface area contributed by atoms with Crippen LogP contribution < -0.4 is 5.32 Å². The maximum atomic E-state index is 13.1. The van der Waals surface area contributed by atoms with Crippen molar-refractivity contribution < 1.29 is 31.1 Å². The molecule has 1 aromatic carbocycles. The number of esters is 1. The second-order valence-corrected chi connectivity index (χ2v) is 10.0. The van der Waals surface area contributed by atoms with Gasteiger partial charge in [0.25, 0.3) is 0 Å². The van der Waals surface area contributed by atoms with Gasteiger partial charge in [-0.15, -0.1) is 11.8 Å². The predicted molar refractivity (Wildman–Crippen MR) is 121 cm³/mol. The predicted octanol–water partition coefficient (Wildman–Crippen LogP) is 4.18. The van der Waals surface area contributed by atoms with Gasteiger partial charge in [0.2, 0.25) is 0 Å². The molecule has 0 saturated heterocycles. The SMILES string of the molecule is CSCOC(=O)CN/C(=C(/Br)C(=N)C(F)(F)F)c1ccc(-c2cccc(S(C)(=O)=O)c2)[nH]1. The number of aromatic nitrogens is 1. The van der Waals surface area contributed by atoms with Gasteiger partial charge in [0.05, 0.1) is 20.8 Å². The lowest BCUT2D eigenvalue weighted by Gasteiger charge is -2.15. The molecule has 0 spiro atoms. The van der Waals surface area contributed by atoms with Crippen molar-refractivity contribution in [3.63, 3.8) is 0 Å². The molecule has 0 aliphatic carbocycles. The molecule has 13 heteroatoms. The summed E-state index contributed by atoms with van der Waals surface area (Å²) in [6, 6.07) is 9.02. The highest BCUT2D eigenvalue weighted by Gasteiger charge is 2.37. The second-order valence-electron chi connectivity index (χ2n) is 6.42. The van der Waals surface area contributed by atoms with E-state index in [1.54, 1.807) is 18.4 Å². The van der Waals surface area contributed by atoms with E-state index in [0.717, 1.165) is 6.26 Å². The van der Waals surface area contributed by atoms with E-state index in [9.17, 15) is 26.4 Å². The zero-order valence-electron chi connectivity index (χ0n) is 16.8. The van der Waals surface area contributed by atoms with E-state index in [1.165, 1.54) is 36.0 Å². The number of alkyl halides is 3. The molecule has 3 N–H and O–H groups in total. The minimum Gasteiger partial charge on any atom is -0.453 e. The highest BCUT2D eigenvalue weighted by atomic mass is 79.9. The summed E-state index contributed by atoms with van der Waals surface area (Å²) in [4.78, 5) is 14.8. The third kappa shape index (κ3) is 6.87. The van der Waals surface area contributed by atoms with E-state index in [-0.39, 0.29) is 22.2 Å². The monoisotopic (exact) mass is 553 g/mol. The van der Waals surface area contributed by atoms with Crippen LogP contribution >= 0.6 is 27.7 Å².